The van der Waals surface area contributed by atoms with E-state index in [4.69, 9.17) is 5.26 Å². The van der Waals surface area contributed by atoms with Gasteiger partial charge in [-0.2, -0.15) is 5.26 Å². The van der Waals surface area contributed by atoms with Crippen LogP contribution in [0, 0.1) is 11.3 Å². The highest BCUT2D eigenvalue weighted by atomic mass is 15.1. The van der Waals surface area contributed by atoms with Crippen molar-refractivity contribution in [1.29, 1.82) is 5.26 Å². The van der Waals surface area contributed by atoms with Crippen LogP contribution in [0.15, 0.2) is 24.3 Å². The van der Waals surface area contributed by atoms with Gasteiger partial charge in [0.05, 0.1) is 11.6 Å². The lowest BCUT2D eigenvalue weighted by Crippen LogP contribution is -2.26. The highest BCUT2D eigenvalue weighted by Crippen LogP contribution is 2.15. The van der Waals surface area contributed by atoms with Gasteiger partial charge < -0.3 is 9.80 Å². The summed E-state index contributed by atoms with van der Waals surface area (Å²) < 4.78 is 0. The zero-order valence-corrected chi connectivity index (χ0v) is 11.1. The molecule has 18 heavy (non-hydrogen) atoms. The number of benzene rings is 1. The van der Waals surface area contributed by atoms with Gasteiger partial charge in [-0.15, -0.1) is 0 Å². The molecular weight excluding hydrogens is 222 g/mol. The number of anilines is 1. The second-order valence-electron chi connectivity index (χ2n) is 4.99. The van der Waals surface area contributed by atoms with Crippen LogP contribution in [0.25, 0.3) is 0 Å². The summed E-state index contributed by atoms with van der Waals surface area (Å²) in [4.78, 5) is 4.77. The fraction of sp³-hybridized carbons (Fsp3) is 0.533. The van der Waals surface area contributed by atoms with E-state index in [1.807, 2.05) is 18.2 Å². The lowest BCUT2D eigenvalue weighted by molar-refractivity contribution is 0.335. The normalized spacial score (nSPS) is 15.6. The third-order valence-corrected chi connectivity index (χ3v) is 3.58. The summed E-state index contributed by atoms with van der Waals surface area (Å²) in [5, 5.41) is 8.89. The molecule has 2 rings (SSSR count). The molecule has 0 aliphatic carbocycles. The van der Waals surface area contributed by atoms with Gasteiger partial charge in [-0.3, -0.25) is 0 Å². The van der Waals surface area contributed by atoms with Crippen molar-refractivity contribution in [1.82, 2.24) is 4.90 Å². The molecule has 1 saturated heterocycles. The van der Waals surface area contributed by atoms with Crippen LogP contribution >= 0.6 is 0 Å². The zero-order chi connectivity index (χ0) is 12.8. The molecule has 0 spiro atoms. The van der Waals surface area contributed by atoms with Crippen LogP contribution in [0.4, 0.5) is 5.69 Å². The molecule has 1 heterocycles. The second-order valence-corrected chi connectivity index (χ2v) is 4.99. The predicted molar refractivity (Wildman–Crippen MR) is 74.7 cm³/mol. The maximum absolute atomic E-state index is 8.89. The molecule has 1 aliphatic heterocycles. The number of hydrogen-bond donors (Lipinski definition) is 0. The number of nitriles is 1. The maximum Gasteiger partial charge on any atom is 0.0992 e. The van der Waals surface area contributed by atoms with Gasteiger partial charge in [0.1, 0.15) is 0 Å². The summed E-state index contributed by atoms with van der Waals surface area (Å²) in [6.07, 6.45) is 3.91. The Hall–Kier alpha value is -1.53. The first-order valence-electron chi connectivity index (χ1n) is 6.73. The average Bonchev–Trinajstić information content (AvgIpc) is 2.92. The monoisotopic (exact) mass is 243 g/mol. The van der Waals surface area contributed by atoms with Crippen LogP contribution in [-0.4, -0.2) is 38.1 Å². The molecule has 96 valence electrons. The van der Waals surface area contributed by atoms with E-state index in [0.29, 0.717) is 0 Å². The first-order valence-corrected chi connectivity index (χ1v) is 6.73. The minimum absolute atomic E-state index is 0.735. The number of likely N-dealkylation sites (tertiary alicyclic amines) is 1. The molecule has 3 heteroatoms. The second kappa shape index (κ2) is 6.42. The van der Waals surface area contributed by atoms with Crippen LogP contribution < -0.4 is 4.90 Å². The molecule has 0 unspecified atom stereocenters. The summed E-state index contributed by atoms with van der Waals surface area (Å²) in [6.45, 7) is 4.79. The summed E-state index contributed by atoms with van der Waals surface area (Å²) >= 11 is 0. The smallest absolute Gasteiger partial charge is 0.0992 e. The minimum atomic E-state index is 0.735. The Morgan fingerprint density at radius 2 is 2.11 bits per heavy atom. The van der Waals surface area contributed by atoms with Crippen molar-refractivity contribution in [3.63, 3.8) is 0 Å². The van der Waals surface area contributed by atoms with Gasteiger partial charge in [-0.25, -0.2) is 0 Å². The van der Waals surface area contributed by atoms with Crippen molar-refractivity contribution >= 4 is 5.69 Å². The summed E-state index contributed by atoms with van der Waals surface area (Å²) in [5.41, 5.74) is 1.87. The Kier molecular flexibility index (Phi) is 4.60. The molecule has 0 radical (unpaired) electrons. The van der Waals surface area contributed by atoms with E-state index in [1.165, 1.54) is 38.9 Å². The third kappa shape index (κ3) is 3.48. The largest absolute Gasteiger partial charge is 0.375 e. The van der Waals surface area contributed by atoms with E-state index >= 15 is 0 Å². The number of rotatable bonds is 5. The highest BCUT2D eigenvalue weighted by molar-refractivity contribution is 5.50. The summed E-state index contributed by atoms with van der Waals surface area (Å²) in [6, 6.07) is 10.0. The first-order chi connectivity index (χ1) is 8.79. The van der Waals surface area contributed by atoms with Gasteiger partial charge in [0.25, 0.3) is 0 Å². The molecule has 0 atom stereocenters. The number of hydrogen-bond acceptors (Lipinski definition) is 3. The molecule has 0 bridgehead atoms. The molecule has 1 aromatic carbocycles. The van der Waals surface area contributed by atoms with Gasteiger partial charge in [-0.1, -0.05) is 6.07 Å². The molecule has 0 N–H and O–H groups in total. The summed E-state index contributed by atoms with van der Waals surface area (Å²) in [5.74, 6) is 0. The lowest BCUT2D eigenvalue weighted by Gasteiger charge is -2.21. The Morgan fingerprint density at radius 3 is 2.83 bits per heavy atom. The molecule has 0 aromatic heterocycles. The van der Waals surface area contributed by atoms with Gasteiger partial charge >= 0.3 is 0 Å². The Balaban J connectivity index is 1.79. The van der Waals surface area contributed by atoms with Crippen molar-refractivity contribution in [3.05, 3.63) is 29.8 Å². The molecule has 0 amide bonds. The first kappa shape index (κ1) is 12.9. The van der Waals surface area contributed by atoms with Crippen LogP contribution in [0.2, 0.25) is 0 Å². The van der Waals surface area contributed by atoms with Gasteiger partial charge in [-0.05, 0) is 57.1 Å². The molecule has 1 fully saturated rings. The van der Waals surface area contributed by atoms with Crippen molar-refractivity contribution in [3.8, 4) is 6.07 Å². The summed E-state index contributed by atoms with van der Waals surface area (Å²) in [7, 11) is 2.10. The van der Waals surface area contributed by atoms with Crippen molar-refractivity contribution in [2.75, 3.05) is 38.1 Å². The van der Waals surface area contributed by atoms with Gasteiger partial charge in [0, 0.05) is 19.3 Å². The fourth-order valence-electron chi connectivity index (χ4n) is 2.48. The Morgan fingerprint density at radius 1 is 1.33 bits per heavy atom. The Labute approximate surface area is 110 Å². The highest BCUT2D eigenvalue weighted by Gasteiger charge is 2.11. The SMILES string of the molecule is CN(CCCN1CCCC1)c1cccc(C#N)c1. The topological polar surface area (TPSA) is 30.3 Å². The van der Waals surface area contributed by atoms with Crippen molar-refractivity contribution < 1.29 is 0 Å². The van der Waals surface area contributed by atoms with Crippen LogP contribution in [0.1, 0.15) is 24.8 Å². The molecule has 1 aromatic rings. The van der Waals surface area contributed by atoms with E-state index in [1.54, 1.807) is 0 Å². The fourth-order valence-corrected chi connectivity index (χ4v) is 2.48. The maximum atomic E-state index is 8.89. The van der Waals surface area contributed by atoms with Crippen molar-refractivity contribution in [2.45, 2.75) is 19.3 Å². The van der Waals surface area contributed by atoms with Crippen molar-refractivity contribution in [2.24, 2.45) is 0 Å². The zero-order valence-electron chi connectivity index (χ0n) is 11.1. The average molecular weight is 243 g/mol. The Bertz CT molecular complexity index is 416. The van der Waals surface area contributed by atoms with Crippen LogP contribution in [0.3, 0.4) is 0 Å². The number of nitrogens with zero attached hydrogens (tertiary/aromatic N) is 3. The molecule has 1 aliphatic rings. The van der Waals surface area contributed by atoms with Crippen LogP contribution in [0.5, 0.6) is 0 Å². The van der Waals surface area contributed by atoms with E-state index in [-0.39, 0.29) is 0 Å². The van der Waals surface area contributed by atoms with E-state index in [0.717, 1.165) is 17.8 Å². The van der Waals surface area contributed by atoms with E-state index < -0.39 is 0 Å². The molecular formula is C15H21N3. The third-order valence-electron chi connectivity index (χ3n) is 3.58. The predicted octanol–water partition coefficient (Wildman–Crippen LogP) is 2.48. The van der Waals surface area contributed by atoms with Crippen LogP contribution in [-0.2, 0) is 0 Å². The standard InChI is InChI=1S/C15H21N3/c1-17(8-5-11-18-9-2-3-10-18)15-7-4-6-14(12-15)13-16/h4,6-7,12H,2-3,5,8-11H2,1H3. The lowest BCUT2D eigenvalue weighted by atomic mass is 10.2. The van der Waals surface area contributed by atoms with E-state index in [9.17, 15) is 0 Å². The molecule has 0 saturated carbocycles. The van der Waals surface area contributed by atoms with Gasteiger partial charge in [0.2, 0.25) is 0 Å². The van der Waals surface area contributed by atoms with Gasteiger partial charge in [0.15, 0.2) is 0 Å². The quantitative estimate of drug-likeness (QED) is 0.796. The minimum Gasteiger partial charge on any atom is -0.375 e. The molecule has 3 nitrogen and oxygen atoms in total. The van der Waals surface area contributed by atoms with E-state index in [2.05, 4.69) is 29.0 Å².